The van der Waals surface area contributed by atoms with Crippen LogP contribution in [0.15, 0.2) is 30.3 Å². The predicted molar refractivity (Wildman–Crippen MR) is 71.0 cm³/mol. The van der Waals surface area contributed by atoms with E-state index in [0.717, 1.165) is 11.1 Å². The molecule has 0 N–H and O–H groups in total. The Labute approximate surface area is 107 Å². The molecule has 0 unspecified atom stereocenters. The first-order chi connectivity index (χ1) is 8.66. The van der Waals surface area contributed by atoms with Crippen molar-refractivity contribution in [3.8, 4) is 0 Å². The topological polar surface area (TPSA) is 37.4 Å². The molecule has 1 fully saturated rings. The molecule has 0 aliphatic carbocycles. The van der Waals surface area contributed by atoms with E-state index in [1.807, 2.05) is 37.3 Å². The van der Waals surface area contributed by atoms with Crippen LogP contribution in [-0.4, -0.2) is 29.7 Å². The molecule has 1 aromatic carbocycles. The lowest BCUT2D eigenvalue weighted by atomic mass is 10.1. The first-order valence-electron chi connectivity index (χ1n) is 6.21. The van der Waals surface area contributed by atoms with Crippen molar-refractivity contribution >= 4 is 17.8 Å². The van der Waals surface area contributed by atoms with E-state index in [1.165, 1.54) is 0 Å². The number of Topliss-reactive ketones (excluding diaryl/α,β-unsaturated/α-hetero) is 1. The minimum atomic E-state index is -0.00856. The molecule has 18 heavy (non-hydrogen) atoms. The number of benzene rings is 1. The van der Waals surface area contributed by atoms with Gasteiger partial charge in [0.25, 0.3) is 0 Å². The van der Waals surface area contributed by atoms with Crippen molar-refractivity contribution in [2.75, 3.05) is 13.1 Å². The number of nitrogens with zero attached hydrogens (tertiary/aromatic N) is 1. The molecule has 1 amide bonds. The van der Waals surface area contributed by atoms with Gasteiger partial charge in [0.05, 0.1) is 0 Å². The van der Waals surface area contributed by atoms with E-state index < -0.39 is 0 Å². The SMILES string of the molecule is Cc1ccccc1/C=C/C(=O)N1CCC(=O)CC1. The van der Waals surface area contributed by atoms with Gasteiger partial charge in [-0.05, 0) is 24.1 Å². The van der Waals surface area contributed by atoms with E-state index in [9.17, 15) is 9.59 Å². The summed E-state index contributed by atoms with van der Waals surface area (Å²) in [4.78, 5) is 24.7. The Hall–Kier alpha value is -1.90. The van der Waals surface area contributed by atoms with Crippen molar-refractivity contribution < 1.29 is 9.59 Å². The Balaban J connectivity index is 1.99. The largest absolute Gasteiger partial charge is 0.338 e. The van der Waals surface area contributed by atoms with E-state index in [4.69, 9.17) is 0 Å². The standard InChI is InChI=1S/C15H17NO2/c1-12-4-2-3-5-13(12)6-7-15(18)16-10-8-14(17)9-11-16/h2-7H,8-11H2,1H3/b7-6+. The third-order valence-corrected chi connectivity index (χ3v) is 3.23. The highest BCUT2D eigenvalue weighted by Crippen LogP contribution is 2.10. The molecule has 2 rings (SSSR count). The molecule has 0 radical (unpaired) electrons. The quantitative estimate of drug-likeness (QED) is 0.747. The molecule has 0 atom stereocenters. The lowest BCUT2D eigenvalue weighted by molar-refractivity contribution is -0.130. The Morgan fingerprint density at radius 3 is 2.56 bits per heavy atom. The summed E-state index contributed by atoms with van der Waals surface area (Å²) in [5.74, 6) is 0.243. The van der Waals surface area contributed by atoms with Crippen LogP contribution >= 0.6 is 0 Å². The fraction of sp³-hybridized carbons (Fsp3) is 0.333. The van der Waals surface area contributed by atoms with Gasteiger partial charge in [0.2, 0.25) is 5.91 Å². The Kier molecular flexibility index (Phi) is 3.92. The van der Waals surface area contributed by atoms with Gasteiger partial charge in [-0.15, -0.1) is 0 Å². The average Bonchev–Trinajstić information content (AvgIpc) is 2.38. The summed E-state index contributed by atoms with van der Waals surface area (Å²) in [6, 6.07) is 7.93. The van der Waals surface area contributed by atoms with E-state index in [0.29, 0.717) is 25.9 Å². The van der Waals surface area contributed by atoms with Gasteiger partial charge < -0.3 is 4.90 Å². The molecular weight excluding hydrogens is 226 g/mol. The van der Waals surface area contributed by atoms with Crippen LogP contribution in [0.1, 0.15) is 24.0 Å². The Morgan fingerprint density at radius 1 is 1.22 bits per heavy atom. The van der Waals surface area contributed by atoms with Gasteiger partial charge in [-0.25, -0.2) is 0 Å². The molecule has 3 nitrogen and oxygen atoms in total. The first-order valence-corrected chi connectivity index (χ1v) is 6.21. The van der Waals surface area contributed by atoms with Crippen LogP contribution < -0.4 is 0 Å². The maximum atomic E-state index is 11.9. The summed E-state index contributed by atoms with van der Waals surface area (Å²) in [6.07, 6.45) is 4.42. The smallest absolute Gasteiger partial charge is 0.246 e. The lowest BCUT2D eigenvalue weighted by Gasteiger charge is -2.24. The molecule has 3 heteroatoms. The minimum Gasteiger partial charge on any atom is -0.338 e. The van der Waals surface area contributed by atoms with E-state index >= 15 is 0 Å². The van der Waals surface area contributed by atoms with Gasteiger partial charge in [-0.1, -0.05) is 24.3 Å². The predicted octanol–water partition coefficient (Wildman–Crippen LogP) is 2.20. The molecule has 1 aromatic rings. The van der Waals surface area contributed by atoms with Crippen molar-refractivity contribution in [3.63, 3.8) is 0 Å². The van der Waals surface area contributed by atoms with Crippen molar-refractivity contribution in [2.45, 2.75) is 19.8 Å². The van der Waals surface area contributed by atoms with Gasteiger partial charge in [0.1, 0.15) is 5.78 Å². The maximum absolute atomic E-state index is 11.9. The molecule has 0 bridgehead atoms. The number of carbonyl (C=O) groups is 2. The molecule has 0 aromatic heterocycles. The van der Waals surface area contributed by atoms with Crippen molar-refractivity contribution in [2.24, 2.45) is 0 Å². The fourth-order valence-electron chi connectivity index (χ4n) is 2.02. The Morgan fingerprint density at radius 2 is 1.89 bits per heavy atom. The number of amides is 1. The molecular formula is C15H17NO2. The molecule has 94 valence electrons. The summed E-state index contributed by atoms with van der Waals surface area (Å²) < 4.78 is 0. The van der Waals surface area contributed by atoms with E-state index in [-0.39, 0.29) is 11.7 Å². The number of rotatable bonds is 2. The van der Waals surface area contributed by atoms with E-state index in [2.05, 4.69) is 0 Å². The van der Waals surface area contributed by atoms with Crippen molar-refractivity contribution in [3.05, 3.63) is 41.5 Å². The van der Waals surface area contributed by atoms with Gasteiger partial charge >= 0.3 is 0 Å². The molecule has 0 spiro atoms. The molecule has 1 saturated heterocycles. The zero-order chi connectivity index (χ0) is 13.0. The van der Waals surface area contributed by atoms with Gasteiger partial charge in [-0.3, -0.25) is 9.59 Å². The number of ketones is 1. The zero-order valence-electron chi connectivity index (χ0n) is 10.6. The average molecular weight is 243 g/mol. The Bertz CT molecular complexity index is 481. The third kappa shape index (κ3) is 3.06. The summed E-state index contributed by atoms with van der Waals surface area (Å²) in [5, 5.41) is 0. The normalized spacial score (nSPS) is 16.3. The second kappa shape index (κ2) is 5.63. The summed E-state index contributed by atoms with van der Waals surface area (Å²) in [5.41, 5.74) is 2.20. The fourth-order valence-corrected chi connectivity index (χ4v) is 2.02. The van der Waals surface area contributed by atoms with Crippen LogP contribution in [0.3, 0.4) is 0 Å². The highest BCUT2D eigenvalue weighted by atomic mass is 16.2. The molecule has 0 saturated carbocycles. The van der Waals surface area contributed by atoms with Crippen LogP contribution in [0, 0.1) is 6.92 Å². The van der Waals surface area contributed by atoms with Crippen LogP contribution in [0.5, 0.6) is 0 Å². The number of likely N-dealkylation sites (tertiary alicyclic amines) is 1. The highest BCUT2D eigenvalue weighted by Gasteiger charge is 2.18. The maximum Gasteiger partial charge on any atom is 0.246 e. The summed E-state index contributed by atoms with van der Waals surface area (Å²) in [6.45, 7) is 3.12. The minimum absolute atomic E-state index is 0.00856. The van der Waals surface area contributed by atoms with Crippen LogP contribution in [0.4, 0.5) is 0 Å². The van der Waals surface area contributed by atoms with Crippen LogP contribution in [-0.2, 0) is 9.59 Å². The number of hydrogen-bond acceptors (Lipinski definition) is 2. The first kappa shape index (κ1) is 12.6. The monoisotopic (exact) mass is 243 g/mol. The zero-order valence-corrected chi connectivity index (χ0v) is 10.6. The third-order valence-electron chi connectivity index (χ3n) is 3.23. The summed E-state index contributed by atoms with van der Waals surface area (Å²) >= 11 is 0. The van der Waals surface area contributed by atoms with Crippen LogP contribution in [0.25, 0.3) is 6.08 Å². The van der Waals surface area contributed by atoms with Gasteiger partial charge in [0.15, 0.2) is 0 Å². The van der Waals surface area contributed by atoms with Crippen molar-refractivity contribution in [1.82, 2.24) is 4.90 Å². The van der Waals surface area contributed by atoms with Gasteiger partial charge in [-0.2, -0.15) is 0 Å². The second-order valence-corrected chi connectivity index (χ2v) is 4.55. The van der Waals surface area contributed by atoms with Crippen LogP contribution in [0.2, 0.25) is 0 Å². The number of hydrogen-bond donors (Lipinski definition) is 0. The van der Waals surface area contributed by atoms with E-state index in [1.54, 1.807) is 11.0 Å². The lowest BCUT2D eigenvalue weighted by Crippen LogP contribution is -2.37. The number of aryl methyl sites for hydroxylation is 1. The second-order valence-electron chi connectivity index (χ2n) is 4.55. The highest BCUT2D eigenvalue weighted by molar-refractivity contribution is 5.93. The van der Waals surface area contributed by atoms with Crippen molar-refractivity contribution in [1.29, 1.82) is 0 Å². The number of piperidine rings is 1. The van der Waals surface area contributed by atoms with Gasteiger partial charge in [0, 0.05) is 32.0 Å². The molecule has 1 aliphatic heterocycles. The molecule has 1 aliphatic rings. The summed E-state index contributed by atoms with van der Waals surface area (Å²) in [7, 11) is 0. The molecule has 1 heterocycles. The number of carbonyl (C=O) groups excluding carboxylic acids is 2.